The second-order valence-corrected chi connectivity index (χ2v) is 7.80. The van der Waals surface area contributed by atoms with Crippen molar-refractivity contribution < 1.29 is 17.9 Å². The van der Waals surface area contributed by atoms with Crippen LogP contribution in [0, 0.1) is 5.92 Å². The van der Waals surface area contributed by atoms with Crippen molar-refractivity contribution >= 4 is 38.9 Å². The summed E-state index contributed by atoms with van der Waals surface area (Å²) in [5, 5.41) is 3.02. The Labute approximate surface area is 151 Å². The van der Waals surface area contributed by atoms with E-state index in [-0.39, 0.29) is 22.4 Å². The van der Waals surface area contributed by atoms with Gasteiger partial charge in [0.05, 0.1) is 28.4 Å². The van der Waals surface area contributed by atoms with Crippen LogP contribution in [-0.4, -0.2) is 21.4 Å². The number of para-hydroxylation sites is 1. The first kappa shape index (κ1) is 17.6. The molecule has 0 aromatic heterocycles. The van der Waals surface area contributed by atoms with E-state index in [0.29, 0.717) is 16.5 Å². The maximum atomic E-state index is 12.6. The molecule has 8 heteroatoms. The van der Waals surface area contributed by atoms with Crippen molar-refractivity contribution in [1.29, 1.82) is 0 Å². The van der Waals surface area contributed by atoms with E-state index in [2.05, 4.69) is 10.0 Å². The maximum absolute atomic E-state index is 12.6. The van der Waals surface area contributed by atoms with Crippen LogP contribution < -0.4 is 14.8 Å². The van der Waals surface area contributed by atoms with Gasteiger partial charge in [0, 0.05) is 5.92 Å². The number of nitrogens with one attached hydrogen (secondary N) is 2. The molecule has 6 nitrogen and oxygen atoms in total. The van der Waals surface area contributed by atoms with Gasteiger partial charge in [0.1, 0.15) is 5.75 Å². The molecule has 1 aliphatic rings. The smallest absolute Gasteiger partial charge is 0.262 e. The Hall–Kier alpha value is -2.25. The Balaban J connectivity index is 1.90. The number of benzene rings is 2. The summed E-state index contributed by atoms with van der Waals surface area (Å²) in [6.07, 6.45) is 1.69. The minimum Gasteiger partial charge on any atom is -0.495 e. The largest absolute Gasteiger partial charge is 0.495 e. The van der Waals surface area contributed by atoms with Crippen LogP contribution in [0.2, 0.25) is 5.02 Å². The molecule has 1 saturated carbocycles. The first-order valence-electron chi connectivity index (χ1n) is 7.67. The van der Waals surface area contributed by atoms with Gasteiger partial charge in [-0.1, -0.05) is 23.7 Å². The fourth-order valence-corrected chi connectivity index (χ4v) is 3.62. The summed E-state index contributed by atoms with van der Waals surface area (Å²) in [6, 6.07) is 10.8. The Bertz CT molecular complexity index is 911. The van der Waals surface area contributed by atoms with Gasteiger partial charge in [-0.2, -0.15) is 0 Å². The number of halogens is 1. The third kappa shape index (κ3) is 4.05. The Morgan fingerprint density at radius 2 is 1.88 bits per heavy atom. The molecule has 1 amide bonds. The predicted octanol–water partition coefficient (Wildman–Crippen LogP) is 3.50. The molecule has 0 aliphatic heterocycles. The van der Waals surface area contributed by atoms with Gasteiger partial charge in [0.25, 0.3) is 10.0 Å². The van der Waals surface area contributed by atoms with E-state index in [1.54, 1.807) is 24.3 Å². The lowest BCUT2D eigenvalue weighted by molar-refractivity contribution is -0.117. The summed E-state index contributed by atoms with van der Waals surface area (Å²) in [6.45, 7) is 0. The van der Waals surface area contributed by atoms with Gasteiger partial charge >= 0.3 is 0 Å². The molecule has 0 bridgehead atoms. The number of carbonyl (C=O) groups excluding carboxylic acids is 1. The highest BCUT2D eigenvalue weighted by Crippen LogP contribution is 2.34. The molecule has 2 N–H and O–H groups in total. The zero-order chi connectivity index (χ0) is 18.0. The zero-order valence-electron chi connectivity index (χ0n) is 13.5. The third-order valence-electron chi connectivity index (χ3n) is 3.81. The van der Waals surface area contributed by atoms with Gasteiger partial charge in [0.15, 0.2) is 0 Å². The van der Waals surface area contributed by atoms with E-state index in [4.69, 9.17) is 16.3 Å². The highest BCUT2D eigenvalue weighted by Gasteiger charge is 2.30. The lowest BCUT2D eigenvalue weighted by atomic mass is 10.2. The number of sulfonamides is 1. The van der Waals surface area contributed by atoms with E-state index in [9.17, 15) is 13.2 Å². The average molecular weight is 381 g/mol. The topological polar surface area (TPSA) is 84.5 Å². The highest BCUT2D eigenvalue weighted by atomic mass is 35.5. The van der Waals surface area contributed by atoms with Crippen LogP contribution in [0.25, 0.3) is 0 Å². The Kier molecular flexibility index (Phi) is 4.87. The normalized spacial score (nSPS) is 14.0. The summed E-state index contributed by atoms with van der Waals surface area (Å²) in [7, 11) is -2.41. The van der Waals surface area contributed by atoms with E-state index < -0.39 is 10.0 Å². The molecule has 1 aliphatic carbocycles. The van der Waals surface area contributed by atoms with E-state index in [1.807, 2.05) is 0 Å². The number of amides is 1. The molecule has 0 unspecified atom stereocenters. The number of hydrogen-bond acceptors (Lipinski definition) is 4. The summed E-state index contributed by atoms with van der Waals surface area (Å²) >= 11 is 6.00. The molecule has 2 aromatic rings. The Morgan fingerprint density at radius 1 is 1.16 bits per heavy atom. The van der Waals surface area contributed by atoms with Gasteiger partial charge in [-0.25, -0.2) is 8.42 Å². The lowest BCUT2D eigenvalue weighted by Gasteiger charge is -2.14. The average Bonchev–Trinajstić information content (AvgIpc) is 3.42. The minimum absolute atomic E-state index is 0.000633. The number of ether oxygens (including phenoxy) is 1. The minimum atomic E-state index is -3.87. The summed E-state index contributed by atoms with van der Waals surface area (Å²) < 4.78 is 32.9. The number of rotatable bonds is 6. The standard InChI is InChI=1S/C17H17ClN2O4S/c1-24-16-9-8-12(10-15(16)19-17(21)11-6-7-11)25(22,23)20-14-5-3-2-4-13(14)18/h2-5,8-11,20H,6-7H2,1H3,(H,19,21). The van der Waals surface area contributed by atoms with Gasteiger partial charge in [-0.3, -0.25) is 9.52 Å². The Morgan fingerprint density at radius 3 is 2.52 bits per heavy atom. The molecule has 25 heavy (non-hydrogen) atoms. The summed E-state index contributed by atoms with van der Waals surface area (Å²) in [5.74, 6) is 0.254. The van der Waals surface area contributed by atoms with E-state index in [0.717, 1.165) is 12.8 Å². The second kappa shape index (κ2) is 6.93. The summed E-state index contributed by atoms with van der Waals surface area (Å²) in [4.78, 5) is 12.0. The molecule has 3 rings (SSSR count). The molecule has 1 fully saturated rings. The number of carbonyl (C=O) groups is 1. The maximum Gasteiger partial charge on any atom is 0.262 e. The number of hydrogen-bond donors (Lipinski definition) is 2. The van der Waals surface area contributed by atoms with Crippen LogP contribution >= 0.6 is 11.6 Å². The van der Waals surface area contributed by atoms with Gasteiger partial charge in [-0.05, 0) is 43.2 Å². The molecular formula is C17H17ClN2O4S. The monoisotopic (exact) mass is 380 g/mol. The first-order valence-corrected chi connectivity index (χ1v) is 9.53. The fraction of sp³-hybridized carbons (Fsp3) is 0.235. The van der Waals surface area contributed by atoms with Crippen LogP contribution in [0.4, 0.5) is 11.4 Å². The molecule has 132 valence electrons. The predicted molar refractivity (Wildman–Crippen MR) is 96.6 cm³/mol. The van der Waals surface area contributed by atoms with Crippen LogP contribution in [-0.2, 0) is 14.8 Å². The van der Waals surface area contributed by atoms with Crippen LogP contribution in [0.5, 0.6) is 5.75 Å². The van der Waals surface area contributed by atoms with Crippen molar-refractivity contribution in [3.05, 3.63) is 47.5 Å². The molecular weight excluding hydrogens is 364 g/mol. The van der Waals surface area contributed by atoms with Crippen LogP contribution in [0.1, 0.15) is 12.8 Å². The lowest BCUT2D eigenvalue weighted by Crippen LogP contribution is -2.16. The van der Waals surface area contributed by atoms with E-state index in [1.165, 1.54) is 25.3 Å². The molecule has 0 heterocycles. The molecule has 0 atom stereocenters. The quantitative estimate of drug-likeness (QED) is 0.803. The van der Waals surface area contributed by atoms with Gasteiger partial charge < -0.3 is 10.1 Å². The number of anilines is 2. The number of methoxy groups -OCH3 is 1. The SMILES string of the molecule is COc1ccc(S(=O)(=O)Nc2ccccc2Cl)cc1NC(=O)C1CC1. The molecule has 0 radical (unpaired) electrons. The highest BCUT2D eigenvalue weighted by molar-refractivity contribution is 7.92. The van der Waals surface area contributed by atoms with Crippen LogP contribution in [0.15, 0.2) is 47.4 Å². The van der Waals surface area contributed by atoms with Crippen molar-refractivity contribution in [3.63, 3.8) is 0 Å². The van der Waals surface area contributed by atoms with Crippen molar-refractivity contribution in [2.24, 2.45) is 5.92 Å². The van der Waals surface area contributed by atoms with Gasteiger partial charge in [0.2, 0.25) is 5.91 Å². The van der Waals surface area contributed by atoms with Crippen molar-refractivity contribution in [3.8, 4) is 5.75 Å². The molecule has 0 saturated heterocycles. The third-order valence-corrected chi connectivity index (χ3v) is 5.50. The molecule has 0 spiro atoms. The zero-order valence-corrected chi connectivity index (χ0v) is 15.0. The van der Waals surface area contributed by atoms with Crippen molar-refractivity contribution in [2.75, 3.05) is 17.1 Å². The fourth-order valence-electron chi connectivity index (χ4n) is 2.28. The van der Waals surface area contributed by atoms with E-state index >= 15 is 0 Å². The van der Waals surface area contributed by atoms with Crippen LogP contribution in [0.3, 0.4) is 0 Å². The second-order valence-electron chi connectivity index (χ2n) is 5.71. The van der Waals surface area contributed by atoms with Crippen molar-refractivity contribution in [1.82, 2.24) is 0 Å². The van der Waals surface area contributed by atoms with Crippen molar-refractivity contribution in [2.45, 2.75) is 17.7 Å². The van der Waals surface area contributed by atoms with Gasteiger partial charge in [-0.15, -0.1) is 0 Å². The molecule has 2 aromatic carbocycles. The summed E-state index contributed by atoms with van der Waals surface area (Å²) in [5.41, 5.74) is 0.602. The first-order chi connectivity index (χ1) is 11.9.